The molecule has 0 saturated heterocycles. The van der Waals surface area contributed by atoms with E-state index in [2.05, 4.69) is 5.32 Å². The Bertz CT molecular complexity index is 911. The highest BCUT2D eigenvalue weighted by Crippen LogP contribution is 2.39. The molecule has 0 radical (unpaired) electrons. The maximum absolute atomic E-state index is 13.5. The van der Waals surface area contributed by atoms with Crippen molar-refractivity contribution >= 4 is 23.0 Å². The number of carbonyl (C=O) groups is 2. The first-order valence-electron chi connectivity index (χ1n) is 7.65. The second kappa shape index (κ2) is 6.87. The van der Waals surface area contributed by atoms with Gasteiger partial charge in [0.05, 0.1) is 26.9 Å². The second-order valence-corrected chi connectivity index (χ2v) is 5.48. The summed E-state index contributed by atoms with van der Waals surface area (Å²) in [5, 5.41) is 2.60. The Morgan fingerprint density at radius 2 is 1.69 bits per heavy atom. The minimum Gasteiger partial charge on any atom is -0.493 e. The normalized spacial score (nSPS) is 14.0. The minimum atomic E-state index is -0.494. The Morgan fingerprint density at radius 1 is 1.04 bits per heavy atom. The van der Waals surface area contributed by atoms with E-state index in [0.29, 0.717) is 28.5 Å². The van der Waals surface area contributed by atoms with Crippen molar-refractivity contribution in [1.29, 1.82) is 0 Å². The van der Waals surface area contributed by atoms with Crippen LogP contribution in [0, 0.1) is 5.82 Å². The Labute approximate surface area is 149 Å². The lowest BCUT2D eigenvalue weighted by molar-refractivity contribution is -0.110. The first-order chi connectivity index (χ1) is 12.5. The molecule has 0 bridgehead atoms. The van der Waals surface area contributed by atoms with Crippen molar-refractivity contribution in [3.05, 3.63) is 53.4 Å². The number of fused-ring (bicyclic) bond motifs is 1. The number of allylic oxidation sites excluding steroid dienone is 1. The molecule has 0 fully saturated rings. The van der Waals surface area contributed by atoms with Gasteiger partial charge in [-0.05, 0) is 36.4 Å². The zero-order chi connectivity index (χ0) is 18.8. The van der Waals surface area contributed by atoms with Crippen LogP contribution in [0.4, 0.5) is 10.1 Å². The molecule has 0 unspecified atom stereocenters. The number of methoxy groups -OCH3 is 3. The second-order valence-electron chi connectivity index (χ2n) is 5.48. The van der Waals surface area contributed by atoms with Gasteiger partial charge in [0, 0.05) is 16.8 Å². The number of nitrogens with one attached hydrogen (secondary N) is 1. The zero-order valence-electron chi connectivity index (χ0n) is 14.4. The molecule has 1 aliphatic heterocycles. The van der Waals surface area contributed by atoms with Gasteiger partial charge in [-0.1, -0.05) is 0 Å². The number of ether oxygens (including phenoxy) is 3. The standard InChI is InChI=1S/C19H16FNO5/c1-24-16-6-10(7-17(25-2)18(16)26-3)15(22)9-13-12-8-11(20)4-5-14(12)21-19(13)23/h4-9H,1-3H3,(H,21,23). The number of benzene rings is 2. The third-order valence-electron chi connectivity index (χ3n) is 3.99. The zero-order valence-corrected chi connectivity index (χ0v) is 14.4. The van der Waals surface area contributed by atoms with Crippen molar-refractivity contribution in [3.63, 3.8) is 0 Å². The minimum absolute atomic E-state index is 0.0956. The molecule has 134 valence electrons. The van der Waals surface area contributed by atoms with Crippen molar-refractivity contribution in [1.82, 2.24) is 0 Å². The predicted octanol–water partition coefficient (Wildman–Crippen LogP) is 3.07. The number of amides is 1. The number of hydrogen-bond donors (Lipinski definition) is 1. The maximum Gasteiger partial charge on any atom is 0.256 e. The average molecular weight is 357 g/mol. The third-order valence-corrected chi connectivity index (χ3v) is 3.99. The van der Waals surface area contributed by atoms with Crippen LogP contribution in [0.5, 0.6) is 17.2 Å². The molecular weight excluding hydrogens is 341 g/mol. The van der Waals surface area contributed by atoms with Crippen molar-refractivity contribution < 1.29 is 28.2 Å². The maximum atomic E-state index is 13.5. The highest BCUT2D eigenvalue weighted by molar-refractivity contribution is 6.35. The molecule has 26 heavy (non-hydrogen) atoms. The van der Waals surface area contributed by atoms with E-state index in [1.807, 2.05) is 0 Å². The molecular formula is C19H16FNO5. The molecule has 2 aromatic carbocycles. The van der Waals surface area contributed by atoms with Crippen LogP contribution in [0.3, 0.4) is 0 Å². The van der Waals surface area contributed by atoms with Crippen LogP contribution >= 0.6 is 0 Å². The van der Waals surface area contributed by atoms with E-state index in [1.165, 1.54) is 57.7 Å². The summed E-state index contributed by atoms with van der Waals surface area (Å²) in [6.07, 6.45) is 1.17. The van der Waals surface area contributed by atoms with E-state index < -0.39 is 17.5 Å². The molecule has 1 aliphatic rings. The van der Waals surface area contributed by atoms with Crippen molar-refractivity contribution in [2.75, 3.05) is 26.6 Å². The quantitative estimate of drug-likeness (QED) is 0.658. The van der Waals surface area contributed by atoms with E-state index in [4.69, 9.17) is 14.2 Å². The van der Waals surface area contributed by atoms with Crippen LogP contribution in [0.2, 0.25) is 0 Å². The first-order valence-corrected chi connectivity index (χ1v) is 7.65. The van der Waals surface area contributed by atoms with Crippen LogP contribution in [0.1, 0.15) is 15.9 Å². The Balaban J connectivity index is 2.05. The van der Waals surface area contributed by atoms with Gasteiger partial charge >= 0.3 is 0 Å². The summed E-state index contributed by atoms with van der Waals surface area (Å²) in [6, 6.07) is 6.87. The smallest absolute Gasteiger partial charge is 0.256 e. The van der Waals surface area contributed by atoms with Crippen molar-refractivity contribution in [2.45, 2.75) is 0 Å². The van der Waals surface area contributed by atoms with Crippen molar-refractivity contribution in [2.24, 2.45) is 0 Å². The summed E-state index contributed by atoms with van der Waals surface area (Å²) in [6.45, 7) is 0. The molecule has 7 heteroatoms. The number of rotatable bonds is 5. The van der Waals surface area contributed by atoms with Gasteiger partial charge in [-0.3, -0.25) is 9.59 Å². The molecule has 0 spiro atoms. The summed E-state index contributed by atoms with van der Waals surface area (Å²) >= 11 is 0. The summed E-state index contributed by atoms with van der Waals surface area (Å²) in [5.74, 6) is -0.429. The molecule has 0 saturated carbocycles. The van der Waals surface area contributed by atoms with Gasteiger partial charge < -0.3 is 19.5 Å². The van der Waals surface area contributed by atoms with Gasteiger partial charge in [-0.25, -0.2) is 4.39 Å². The van der Waals surface area contributed by atoms with Gasteiger partial charge in [0.2, 0.25) is 5.75 Å². The van der Waals surface area contributed by atoms with E-state index in [9.17, 15) is 14.0 Å². The summed E-state index contributed by atoms with van der Waals surface area (Å²) in [5.41, 5.74) is 1.14. The molecule has 1 heterocycles. The fraction of sp³-hybridized carbons (Fsp3) is 0.158. The van der Waals surface area contributed by atoms with Gasteiger partial charge in [-0.2, -0.15) is 0 Å². The van der Waals surface area contributed by atoms with E-state index in [0.717, 1.165) is 0 Å². The largest absolute Gasteiger partial charge is 0.493 e. The lowest BCUT2D eigenvalue weighted by Crippen LogP contribution is -2.06. The van der Waals surface area contributed by atoms with Gasteiger partial charge in [-0.15, -0.1) is 0 Å². The Hall–Kier alpha value is -3.35. The summed E-state index contributed by atoms with van der Waals surface area (Å²) < 4.78 is 29.2. The number of ketones is 1. The topological polar surface area (TPSA) is 73.9 Å². The van der Waals surface area contributed by atoms with Gasteiger partial charge in [0.25, 0.3) is 5.91 Å². The lowest BCUT2D eigenvalue weighted by Gasteiger charge is -2.13. The number of carbonyl (C=O) groups excluding carboxylic acids is 2. The first kappa shape index (κ1) is 17.5. The Morgan fingerprint density at radius 3 is 2.27 bits per heavy atom. The monoisotopic (exact) mass is 357 g/mol. The number of anilines is 1. The van der Waals surface area contributed by atoms with Crippen LogP contribution in [-0.2, 0) is 4.79 Å². The fourth-order valence-corrected chi connectivity index (χ4v) is 2.74. The molecule has 0 aliphatic carbocycles. The molecule has 2 aromatic rings. The third kappa shape index (κ3) is 2.99. The van der Waals surface area contributed by atoms with Gasteiger partial charge in [0.15, 0.2) is 17.3 Å². The molecule has 6 nitrogen and oxygen atoms in total. The van der Waals surface area contributed by atoms with E-state index in [1.54, 1.807) is 0 Å². The lowest BCUT2D eigenvalue weighted by atomic mass is 10.0. The summed E-state index contributed by atoms with van der Waals surface area (Å²) in [7, 11) is 4.33. The molecule has 0 aromatic heterocycles. The van der Waals surface area contributed by atoms with Crippen molar-refractivity contribution in [3.8, 4) is 17.2 Å². The Kier molecular flexibility index (Phi) is 4.62. The summed E-state index contributed by atoms with van der Waals surface area (Å²) in [4.78, 5) is 24.8. The predicted molar refractivity (Wildman–Crippen MR) is 93.4 cm³/mol. The van der Waals surface area contributed by atoms with Crippen LogP contribution in [-0.4, -0.2) is 33.0 Å². The highest BCUT2D eigenvalue weighted by atomic mass is 19.1. The average Bonchev–Trinajstić information content (AvgIpc) is 2.95. The highest BCUT2D eigenvalue weighted by Gasteiger charge is 2.26. The van der Waals surface area contributed by atoms with E-state index in [-0.39, 0.29) is 11.1 Å². The van der Waals surface area contributed by atoms with Crippen LogP contribution in [0.15, 0.2) is 36.4 Å². The molecule has 1 amide bonds. The molecule has 0 atom stereocenters. The fourth-order valence-electron chi connectivity index (χ4n) is 2.74. The van der Waals surface area contributed by atoms with E-state index >= 15 is 0 Å². The van der Waals surface area contributed by atoms with Gasteiger partial charge in [0.1, 0.15) is 5.82 Å². The van der Waals surface area contributed by atoms with Crippen LogP contribution in [0.25, 0.3) is 5.57 Å². The number of halogens is 1. The SMILES string of the molecule is COc1cc(C(=O)C=C2C(=O)Nc3ccc(F)cc32)cc(OC)c1OC. The molecule has 3 rings (SSSR count). The molecule has 1 N–H and O–H groups in total. The van der Waals surface area contributed by atoms with Crippen LogP contribution < -0.4 is 19.5 Å². The number of hydrogen-bond acceptors (Lipinski definition) is 5.